The molecule has 4 heteroatoms. The number of benzene rings is 4. The summed E-state index contributed by atoms with van der Waals surface area (Å²) in [5.41, 5.74) is 7.23. The van der Waals surface area contributed by atoms with Crippen molar-refractivity contribution in [1.29, 1.82) is 0 Å². The maximum atomic E-state index is 6.11. The van der Waals surface area contributed by atoms with Gasteiger partial charge in [0, 0.05) is 19.2 Å². The summed E-state index contributed by atoms with van der Waals surface area (Å²) in [6.07, 6.45) is 10.4. The minimum atomic E-state index is 0.814. The number of allylic oxidation sites excluding steroid dienone is 4. The smallest absolute Gasteiger partial charge is 0.262 e. The van der Waals surface area contributed by atoms with E-state index in [1.807, 2.05) is 42.7 Å². The summed E-state index contributed by atoms with van der Waals surface area (Å²) in [4.78, 5) is 2.09. The average molecular weight is 514 g/mol. The van der Waals surface area contributed by atoms with Crippen LogP contribution in [0.5, 0.6) is 5.75 Å². The van der Waals surface area contributed by atoms with Gasteiger partial charge in [0.1, 0.15) is 11.2 Å². The van der Waals surface area contributed by atoms with Crippen molar-refractivity contribution in [1.82, 2.24) is 0 Å². The van der Waals surface area contributed by atoms with E-state index in [0.29, 0.717) is 0 Å². The Morgan fingerprint density at radius 3 is 2.16 bits per heavy atom. The van der Waals surface area contributed by atoms with E-state index in [2.05, 4.69) is 120 Å². The molecule has 0 unspecified atom stereocenters. The molecule has 5 aromatic rings. The van der Waals surface area contributed by atoms with Gasteiger partial charge in [-0.15, -0.1) is 0 Å². The van der Waals surface area contributed by atoms with Gasteiger partial charge in [0.15, 0.2) is 11.6 Å². The number of fused-ring (bicyclic) bond motifs is 2. The fraction of sp³-hybridized carbons (Fsp3) is 0.0882. The number of rotatable bonds is 6. The van der Waals surface area contributed by atoms with Crippen LogP contribution in [-0.2, 0) is 6.54 Å². The first-order valence-corrected chi connectivity index (χ1v) is 13.7. The molecule has 1 aliphatic rings. The number of aromatic nitrogens is 1. The highest BCUT2D eigenvalue weighted by atomic mass is 32.1. The van der Waals surface area contributed by atoms with Crippen LogP contribution in [0.15, 0.2) is 127 Å². The van der Waals surface area contributed by atoms with Crippen molar-refractivity contribution in [3.05, 3.63) is 132 Å². The molecule has 3 nitrogen and oxygen atoms in total. The Labute approximate surface area is 227 Å². The van der Waals surface area contributed by atoms with E-state index in [9.17, 15) is 0 Å². The minimum Gasteiger partial charge on any atom is -0.439 e. The molecular formula is C34H29N2OS+. The van der Waals surface area contributed by atoms with Crippen molar-refractivity contribution < 1.29 is 9.30 Å². The van der Waals surface area contributed by atoms with Crippen LogP contribution in [0.3, 0.4) is 0 Å². The monoisotopic (exact) mass is 513 g/mol. The molecule has 0 atom stereocenters. The first-order valence-electron chi connectivity index (χ1n) is 12.9. The van der Waals surface area contributed by atoms with Crippen LogP contribution in [0.4, 0.5) is 5.69 Å². The van der Waals surface area contributed by atoms with E-state index in [0.717, 1.165) is 23.9 Å². The van der Waals surface area contributed by atoms with Crippen molar-refractivity contribution in [3.63, 3.8) is 0 Å². The maximum Gasteiger partial charge on any atom is 0.262 e. The fourth-order valence-electron chi connectivity index (χ4n) is 4.82. The van der Waals surface area contributed by atoms with Crippen molar-refractivity contribution >= 4 is 33.3 Å². The summed E-state index contributed by atoms with van der Waals surface area (Å²) in [7, 11) is 2.04. The Morgan fingerprint density at radius 2 is 1.45 bits per heavy atom. The van der Waals surface area contributed by atoms with E-state index in [4.69, 9.17) is 4.74 Å². The number of thiazole rings is 1. The summed E-state index contributed by atoms with van der Waals surface area (Å²) in [5.74, 6) is 1.69. The molecule has 0 N–H and O–H groups in total. The lowest BCUT2D eigenvalue weighted by molar-refractivity contribution is -0.665. The van der Waals surface area contributed by atoms with Crippen LogP contribution < -0.4 is 14.2 Å². The van der Waals surface area contributed by atoms with Crippen LogP contribution >= 0.6 is 11.3 Å². The molecule has 0 bridgehead atoms. The molecule has 0 amide bonds. The fourth-order valence-corrected chi connectivity index (χ4v) is 5.94. The normalized spacial score (nSPS) is 14.2. The highest BCUT2D eigenvalue weighted by molar-refractivity contribution is 7.18. The Hall–Kier alpha value is -4.41. The van der Waals surface area contributed by atoms with E-state index in [1.54, 1.807) is 0 Å². The predicted octanol–water partition coefficient (Wildman–Crippen LogP) is 8.48. The molecule has 2 heterocycles. The Balaban J connectivity index is 1.19. The highest BCUT2D eigenvalue weighted by Gasteiger charge is 2.23. The molecule has 0 saturated carbocycles. The molecular weight excluding hydrogens is 484 g/mol. The predicted molar refractivity (Wildman–Crippen MR) is 160 cm³/mol. The first kappa shape index (κ1) is 24.0. The number of aryl methyl sites for hydroxylation is 1. The molecule has 0 aliphatic carbocycles. The molecule has 186 valence electrons. The third-order valence-electron chi connectivity index (χ3n) is 6.83. The molecule has 0 fully saturated rings. The lowest BCUT2D eigenvalue weighted by atomic mass is 10.0. The third kappa shape index (κ3) is 4.67. The molecule has 1 aromatic heterocycles. The summed E-state index contributed by atoms with van der Waals surface area (Å²) in [5, 5.41) is 1.24. The van der Waals surface area contributed by atoms with Gasteiger partial charge in [-0.3, -0.25) is 0 Å². The number of anilines is 1. The summed E-state index contributed by atoms with van der Waals surface area (Å²) >= 11 is 1.82. The van der Waals surface area contributed by atoms with Gasteiger partial charge in [-0.25, -0.2) is 0 Å². The Bertz CT molecular complexity index is 1680. The van der Waals surface area contributed by atoms with Crippen molar-refractivity contribution in [3.8, 4) is 28.0 Å². The van der Waals surface area contributed by atoms with Gasteiger partial charge in [-0.2, -0.15) is 4.57 Å². The van der Waals surface area contributed by atoms with Crippen molar-refractivity contribution in [2.45, 2.75) is 13.5 Å². The number of hydrogen-bond donors (Lipinski definition) is 0. The van der Waals surface area contributed by atoms with Gasteiger partial charge in [0.05, 0.1) is 5.69 Å². The Kier molecular flexibility index (Phi) is 6.63. The van der Waals surface area contributed by atoms with Crippen LogP contribution in [-0.4, -0.2) is 7.05 Å². The molecule has 0 radical (unpaired) electrons. The standard InChI is InChI=1S/C34H29N2OS/c1-3-36-30-24-28(26-15-9-5-10-16-26)20-22-32(30)38-34(36)18-12-6-11-17-33-35(2)29-23-27(19-21-31(29)37-33)25-13-7-4-8-14-25/h4-24H,3H2,1-2H3/q+1. The van der Waals surface area contributed by atoms with Crippen LogP contribution in [0.1, 0.15) is 11.9 Å². The quantitative estimate of drug-likeness (QED) is 0.167. The van der Waals surface area contributed by atoms with Crippen LogP contribution in [0, 0.1) is 0 Å². The molecule has 38 heavy (non-hydrogen) atoms. The lowest BCUT2D eigenvalue weighted by Crippen LogP contribution is -2.33. The highest BCUT2D eigenvalue weighted by Crippen LogP contribution is 2.40. The summed E-state index contributed by atoms with van der Waals surface area (Å²) in [6.45, 7) is 3.13. The molecule has 1 aliphatic heterocycles. The first-order chi connectivity index (χ1) is 18.7. The minimum absolute atomic E-state index is 0.814. The van der Waals surface area contributed by atoms with E-state index in [1.165, 1.54) is 37.5 Å². The van der Waals surface area contributed by atoms with E-state index < -0.39 is 0 Å². The largest absolute Gasteiger partial charge is 0.439 e. The summed E-state index contributed by atoms with van der Waals surface area (Å²) < 4.78 is 9.78. The number of ether oxygens (including phenoxy) is 1. The zero-order chi connectivity index (χ0) is 25.9. The van der Waals surface area contributed by atoms with Crippen LogP contribution in [0.2, 0.25) is 0 Å². The zero-order valence-corrected chi connectivity index (χ0v) is 22.4. The Morgan fingerprint density at radius 1 is 0.763 bits per heavy atom. The van der Waals surface area contributed by atoms with Gasteiger partial charge < -0.3 is 9.64 Å². The molecule has 4 aromatic carbocycles. The van der Waals surface area contributed by atoms with Gasteiger partial charge in [0.2, 0.25) is 5.52 Å². The number of hydrogen-bond acceptors (Lipinski definition) is 3. The van der Waals surface area contributed by atoms with Crippen molar-refractivity contribution in [2.75, 3.05) is 11.9 Å². The van der Waals surface area contributed by atoms with Gasteiger partial charge in [0.25, 0.3) is 5.01 Å². The molecule has 0 spiro atoms. The second-order valence-electron chi connectivity index (χ2n) is 9.19. The second kappa shape index (κ2) is 10.5. The lowest BCUT2D eigenvalue weighted by Gasteiger charge is -2.11. The average Bonchev–Trinajstić information content (AvgIpc) is 3.49. The van der Waals surface area contributed by atoms with Gasteiger partial charge in [-0.05, 0) is 53.5 Å². The molecule has 0 saturated heterocycles. The third-order valence-corrected chi connectivity index (χ3v) is 7.96. The van der Waals surface area contributed by atoms with Crippen molar-refractivity contribution in [2.24, 2.45) is 0 Å². The SMILES string of the molecule is CC[n+]1c(C=CC=CC=C2Oc3ccc(-c4ccccc4)cc3N2C)sc2ccc(-c3ccccc3)cc21. The maximum absolute atomic E-state index is 6.11. The molecule has 6 rings (SSSR count). The van der Waals surface area contributed by atoms with Crippen LogP contribution in [0.25, 0.3) is 38.5 Å². The van der Waals surface area contributed by atoms with E-state index >= 15 is 0 Å². The van der Waals surface area contributed by atoms with Gasteiger partial charge >= 0.3 is 0 Å². The van der Waals surface area contributed by atoms with Gasteiger partial charge in [-0.1, -0.05) is 102 Å². The number of nitrogens with zero attached hydrogens (tertiary/aromatic N) is 2. The summed E-state index contributed by atoms with van der Waals surface area (Å²) in [6, 6.07) is 34.1. The zero-order valence-electron chi connectivity index (χ0n) is 21.5. The second-order valence-corrected chi connectivity index (χ2v) is 10.3. The van der Waals surface area contributed by atoms with E-state index in [-0.39, 0.29) is 0 Å². The topological polar surface area (TPSA) is 16.4 Å².